The minimum absolute atomic E-state index is 0.00803. The molecular formula is C26H26F4O3S. The quantitative estimate of drug-likeness (QED) is 0.265. The summed E-state index contributed by atoms with van der Waals surface area (Å²) in [6, 6.07) is 8.05. The van der Waals surface area contributed by atoms with Gasteiger partial charge in [-0.1, -0.05) is 33.8 Å². The molecular weight excluding hydrogens is 468 g/mol. The lowest BCUT2D eigenvalue weighted by atomic mass is 9.88. The molecule has 0 fully saturated rings. The van der Waals surface area contributed by atoms with E-state index in [9.17, 15) is 18.0 Å². The van der Waals surface area contributed by atoms with Crippen molar-refractivity contribution in [1.82, 2.24) is 0 Å². The van der Waals surface area contributed by atoms with Crippen LogP contribution in [0.2, 0.25) is 0 Å². The van der Waals surface area contributed by atoms with Gasteiger partial charge >= 0.3 is 12.1 Å². The molecule has 0 aliphatic heterocycles. The van der Waals surface area contributed by atoms with Gasteiger partial charge in [-0.2, -0.15) is 13.2 Å². The molecule has 1 aromatic heterocycles. The molecule has 3 nitrogen and oxygen atoms in total. The van der Waals surface area contributed by atoms with Crippen molar-refractivity contribution in [3.63, 3.8) is 0 Å². The maximum absolute atomic E-state index is 15.4. The first-order valence-corrected chi connectivity index (χ1v) is 11.6. The Kier molecular flexibility index (Phi) is 7.41. The van der Waals surface area contributed by atoms with Gasteiger partial charge in [0, 0.05) is 32.2 Å². The van der Waals surface area contributed by atoms with Crippen LogP contribution in [0, 0.1) is 5.82 Å². The number of carboxylic acid groups (broad SMARTS) is 1. The Labute approximate surface area is 199 Å². The number of thiophene rings is 1. The molecule has 0 spiro atoms. The first kappa shape index (κ1) is 25.7. The van der Waals surface area contributed by atoms with Crippen molar-refractivity contribution in [1.29, 1.82) is 0 Å². The highest BCUT2D eigenvalue weighted by Crippen LogP contribution is 2.45. The zero-order chi connectivity index (χ0) is 25.4. The summed E-state index contributed by atoms with van der Waals surface area (Å²) in [4.78, 5) is 11.7. The number of aliphatic carboxylic acids is 1. The second kappa shape index (κ2) is 9.78. The number of hydrogen-bond donors (Lipinski definition) is 1. The number of alkyl halides is 3. The number of rotatable bonds is 7. The Morgan fingerprint density at radius 3 is 2.35 bits per heavy atom. The molecule has 34 heavy (non-hydrogen) atoms. The Balaban J connectivity index is 2.36. The van der Waals surface area contributed by atoms with Crippen LogP contribution in [0.25, 0.3) is 26.8 Å². The van der Waals surface area contributed by atoms with Gasteiger partial charge in [0.2, 0.25) is 0 Å². The average molecular weight is 495 g/mol. The highest BCUT2D eigenvalue weighted by Gasteiger charge is 2.31. The lowest BCUT2D eigenvalue weighted by Gasteiger charge is -2.22. The third-order valence-electron chi connectivity index (χ3n) is 5.46. The van der Waals surface area contributed by atoms with Crippen LogP contribution in [0.1, 0.15) is 62.5 Å². The monoisotopic (exact) mass is 494 g/mol. The van der Waals surface area contributed by atoms with Gasteiger partial charge in [0.15, 0.2) is 6.61 Å². The summed E-state index contributed by atoms with van der Waals surface area (Å²) in [5.74, 6) is -1.80. The van der Waals surface area contributed by atoms with E-state index in [1.807, 2.05) is 33.8 Å². The summed E-state index contributed by atoms with van der Waals surface area (Å²) in [6.07, 6.45) is -3.49. The van der Waals surface area contributed by atoms with E-state index in [1.165, 1.54) is 17.4 Å². The van der Waals surface area contributed by atoms with E-state index in [0.29, 0.717) is 26.1 Å². The number of carbonyl (C=O) groups is 1. The summed E-state index contributed by atoms with van der Waals surface area (Å²) in [6.45, 7) is 7.77. The molecule has 1 heterocycles. The molecule has 182 valence electrons. The highest BCUT2D eigenvalue weighted by atomic mass is 32.1. The Morgan fingerprint density at radius 2 is 1.79 bits per heavy atom. The van der Waals surface area contributed by atoms with Gasteiger partial charge in [-0.3, -0.25) is 0 Å². The van der Waals surface area contributed by atoms with Gasteiger partial charge in [-0.25, -0.2) is 9.18 Å². The van der Waals surface area contributed by atoms with E-state index in [0.717, 1.165) is 11.6 Å². The van der Waals surface area contributed by atoms with E-state index in [2.05, 4.69) is 0 Å². The van der Waals surface area contributed by atoms with Crippen molar-refractivity contribution in [3.05, 3.63) is 58.2 Å². The maximum Gasteiger partial charge on any atom is 0.422 e. The standard InChI is InChI=1S/C26H26F4O3S/c1-13(2)16-9-17(14(3)4)25(33-12-26(28,29)30)19(10-16)24-18-11-22(15(5)8-23(31)32)34-21(18)7-6-20(24)27/h6-11,13-14H,12H2,1-5H3,(H,31,32). The number of hydrogen-bond acceptors (Lipinski definition) is 3. The molecule has 1 N–H and O–H groups in total. The van der Waals surface area contributed by atoms with E-state index in [1.54, 1.807) is 25.1 Å². The van der Waals surface area contributed by atoms with Crippen LogP contribution in [0.5, 0.6) is 5.75 Å². The molecule has 8 heteroatoms. The third-order valence-corrected chi connectivity index (χ3v) is 6.69. The summed E-state index contributed by atoms with van der Waals surface area (Å²) in [7, 11) is 0. The largest absolute Gasteiger partial charge is 0.483 e. The first-order valence-electron chi connectivity index (χ1n) is 10.8. The molecule has 3 aromatic rings. The lowest BCUT2D eigenvalue weighted by molar-refractivity contribution is -0.153. The molecule has 0 amide bonds. The average Bonchev–Trinajstić information content (AvgIpc) is 3.15. The maximum atomic E-state index is 15.4. The minimum atomic E-state index is -4.55. The zero-order valence-electron chi connectivity index (χ0n) is 19.5. The van der Waals surface area contributed by atoms with Crippen molar-refractivity contribution >= 4 is 33.0 Å². The van der Waals surface area contributed by atoms with E-state index in [4.69, 9.17) is 9.84 Å². The fourth-order valence-electron chi connectivity index (χ4n) is 3.75. The van der Waals surface area contributed by atoms with Gasteiger partial charge in [0.1, 0.15) is 11.6 Å². The van der Waals surface area contributed by atoms with Crippen LogP contribution in [-0.4, -0.2) is 23.9 Å². The molecule has 0 aliphatic rings. The van der Waals surface area contributed by atoms with Crippen molar-refractivity contribution in [2.45, 2.75) is 52.6 Å². The van der Waals surface area contributed by atoms with Crippen molar-refractivity contribution < 1.29 is 32.2 Å². The Hall–Kier alpha value is -2.87. The van der Waals surface area contributed by atoms with Crippen LogP contribution in [0.4, 0.5) is 17.6 Å². The van der Waals surface area contributed by atoms with Gasteiger partial charge in [0.05, 0.1) is 0 Å². The van der Waals surface area contributed by atoms with Crippen LogP contribution in [0.3, 0.4) is 0 Å². The SMILES string of the molecule is CC(=CC(=O)O)c1cc2c(-c3cc(C(C)C)cc(C(C)C)c3OCC(F)(F)F)c(F)ccc2s1. The molecule has 0 aliphatic carbocycles. The van der Waals surface area contributed by atoms with Gasteiger partial charge in [-0.15, -0.1) is 11.3 Å². The number of allylic oxidation sites excluding steroid dienone is 1. The number of benzene rings is 2. The summed E-state index contributed by atoms with van der Waals surface area (Å²) >= 11 is 1.29. The molecule has 2 aromatic carbocycles. The van der Waals surface area contributed by atoms with Gasteiger partial charge < -0.3 is 9.84 Å². The summed E-state index contributed by atoms with van der Waals surface area (Å²) < 4.78 is 60.6. The first-order chi connectivity index (χ1) is 15.8. The second-order valence-electron chi connectivity index (χ2n) is 8.81. The van der Waals surface area contributed by atoms with E-state index < -0.39 is 24.6 Å². The summed E-state index contributed by atoms with van der Waals surface area (Å²) in [5, 5.41) is 9.57. The molecule has 0 unspecified atom stereocenters. The number of halogens is 4. The molecule has 0 saturated carbocycles. The van der Waals surface area contributed by atoms with Crippen molar-refractivity contribution in [2.75, 3.05) is 6.61 Å². The van der Waals surface area contributed by atoms with E-state index >= 15 is 4.39 Å². The molecule has 0 bridgehead atoms. The van der Waals surface area contributed by atoms with Crippen molar-refractivity contribution in [3.8, 4) is 16.9 Å². The number of fused-ring (bicyclic) bond motifs is 1. The van der Waals surface area contributed by atoms with Crippen molar-refractivity contribution in [2.24, 2.45) is 0 Å². The topological polar surface area (TPSA) is 46.5 Å². The fourth-order valence-corrected chi connectivity index (χ4v) is 4.79. The van der Waals surface area contributed by atoms with Crippen LogP contribution >= 0.6 is 11.3 Å². The number of ether oxygens (including phenoxy) is 1. The molecule has 0 atom stereocenters. The number of carboxylic acids is 1. The van der Waals surface area contributed by atoms with E-state index in [-0.39, 0.29) is 28.7 Å². The normalized spacial score (nSPS) is 12.7. The highest BCUT2D eigenvalue weighted by molar-refractivity contribution is 7.20. The van der Waals surface area contributed by atoms with Crippen LogP contribution in [0.15, 0.2) is 36.4 Å². The second-order valence-corrected chi connectivity index (χ2v) is 9.89. The minimum Gasteiger partial charge on any atom is -0.483 e. The Morgan fingerprint density at radius 1 is 1.12 bits per heavy atom. The zero-order valence-corrected chi connectivity index (χ0v) is 20.3. The lowest BCUT2D eigenvalue weighted by Crippen LogP contribution is -2.20. The van der Waals surface area contributed by atoms with Gasteiger partial charge in [0.25, 0.3) is 0 Å². The fraction of sp³-hybridized carbons (Fsp3) is 0.346. The molecule has 0 saturated heterocycles. The summed E-state index contributed by atoms with van der Waals surface area (Å²) in [5.41, 5.74) is 2.31. The smallest absolute Gasteiger partial charge is 0.422 e. The predicted molar refractivity (Wildman–Crippen MR) is 128 cm³/mol. The Bertz CT molecular complexity index is 1250. The third kappa shape index (κ3) is 5.60. The molecule has 0 radical (unpaired) electrons. The van der Waals surface area contributed by atoms with Gasteiger partial charge in [-0.05, 0) is 59.7 Å². The van der Waals surface area contributed by atoms with Crippen LogP contribution < -0.4 is 4.74 Å². The van der Waals surface area contributed by atoms with Crippen LogP contribution in [-0.2, 0) is 4.79 Å². The molecule has 3 rings (SSSR count). The predicted octanol–water partition coefficient (Wildman–Crippen LogP) is 8.38.